The van der Waals surface area contributed by atoms with Crippen molar-refractivity contribution in [2.75, 3.05) is 25.0 Å². The normalized spacial score (nSPS) is 25.8. The lowest BCUT2D eigenvalue weighted by molar-refractivity contribution is -0.134. The molecule has 0 spiro atoms. The number of hydrogen-bond acceptors (Lipinski definition) is 5. The van der Waals surface area contributed by atoms with E-state index in [2.05, 4.69) is 34.6 Å². The van der Waals surface area contributed by atoms with E-state index in [-0.39, 0.29) is 11.8 Å². The number of carbonyl (C=O) groups is 2. The number of benzene rings is 1. The predicted molar refractivity (Wildman–Crippen MR) is 110 cm³/mol. The van der Waals surface area contributed by atoms with Crippen LogP contribution < -0.4 is 15.5 Å². The highest BCUT2D eigenvalue weighted by molar-refractivity contribution is 6.38. The summed E-state index contributed by atoms with van der Waals surface area (Å²) in [6.07, 6.45) is 1.87. The summed E-state index contributed by atoms with van der Waals surface area (Å²) in [6.45, 7) is 4.26. The smallest absolute Gasteiger partial charge is 0.235 e. The van der Waals surface area contributed by atoms with Gasteiger partial charge in [0.2, 0.25) is 11.8 Å². The number of nitrogens with zero attached hydrogens (tertiary/aromatic N) is 3. The first-order valence-electron chi connectivity index (χ1n) is 9.80. The van der Waals surface area contributed by atoms with E-state index >= 15 is 0 Å². The molecule has 7 nitrogen and oxygen atoms in total. The molecule has 8 heteroatoms. The third-order valence-corrected chi connectivity index (χ3v) is 6.51. The van der Waals surface area contributed by atoms with Gasteiger partial charge in [0.05, 0.1) is 27.8 Å². The second-order valence-electron chi connectivity index (χ2n) is 7.96. The number of imide groups is 1. The molecule has 2 aliphatic heterocycles. The molecular formula is C20H26ClN5O2. The van der Waals surface area contributed by atoms with Gasteiger partial charge in [0.25, 0.3) is 0 Å². The molecule has 2 amide bonds. The van der Waals surface area contributed by atoms with Gasteiger partial charge in [-0.3, -0.25) is 19.6 Å². The molecule has 2 aromatic rings. The zero-order chi connectivity index (χ0) is 20.0. The summed E-state index contributed by atoms with van der Waals surface area (Å²) in [5.74, 6) is -0.404. The van der Waals surface area contributed by atoms with Gasteiger partial charge in [0, 0.05) is 31.9 Å². The van der Waals surface area contributed by atoms with Crippen LogP contribution in [0.1, 0.15) is 37.8 Å². The van der Waals surface area contributed by atoms with Crippen LogP contribution in [0.2, 0.25) is 5.02 Å². The zero-order valence-electron chi connectivity index (χ0n) is 16.5. The molecule has 0 aliphatic carbocycles. The molecule has 2 N–H and O–H groups in total. The summed E-state index contributed by atoms with van der Waals surface area (Å²) in [7, 11) is 3.94. The standard InChI is InChI=1S/C20H26ClN5O2/c1-11-10-22-9-8-14(11)25(2)15-6-4-12-18(24-26(3)19(12)17(15)21)13-5-7-16(27)23-20(13)28/h4,6,11,13-14,22H,5,7-10H2,1-3H3,(H,23,27,28)/t11-,13?,14-/m1/s1. The van der Waals surface area contributed by atoms with Crippen LogP contribution in [0, 0.1) is 5.92 Å². The Labute approximate surface area is 169 Å². The van der Waals surface area contributed by atoms with Crippen molar-refractivity contribution in [3.05, 3.63) is 22.8 Å². The molecule has 150 valence electrons. The van der Waals surface area contributed by atoms with Crippen molar-refractivity contribution in [2.24, 2.45) is 13.0 Å². The maximum atomic E-state index is 12.3. The number of hydrogen-bond donors (Lipinski definition) is 2. The van der Waals surface area contributed by atoms with E-state index in [4.69, 9.17) is 11.6 Å². The van der Waals surface area contributed by atoms with Crippen LogP contribution in [0.15, 0.2) is 12.1 Å². The molecule has 3 atom stereocenters. The molecule has 1 aromatic carbocycles. The van der Waals surface area contributed by atoms with Crippen molar-refractivity contribution in [3.63, 3.8) is 0 Å². The largest absolute Gasteiger partial charge is 0.370 e. The molecule has 3 heterocycles. The molecule has 2 fully saturated rings. The van der Waals surface area contributed by atoms with Crippen molar-refractivity contribution in [3.8, 4) is 0 Å². The van der Waals surface area contributed by atoms with Crippen molar-refractivity contribution < 1.29 is 9.59 Å². The van der Waals surface area contributed by atoms with E-state index in [1.54, 1.807) is 4.68 Å². The third-order valence-electron chi connectivity index (χ3n) is 6.14. The Kier molecular flexibility index (Phi) is 5.05. The first-order chi connectivity index (χ1) is 13.4. The minimum Gasteiger partial charge on any atom is -0.370 e. The number of fused-ring (bicyclic) bond motifs is 1. The number of rotatable bonds is 3. The van der Waals surface area contributed by atoms with Crippen molar-refractivity contribution in [1.29, 1.82) is 0 Å². The minimum atomic E-state index is -0.425. The number of amides is 2. The fourth-order valence-electron chi connectivity index (χ4n) is 4.58. The van der Waals surface area contributed by atoms with Gasteiger partial charge in [-0.2, -0.15) is 5.10 Å². The van der Waals surface area contributed by atoms with E-state index in [1.165, 1.54) is 0 Å². The van der Waals surface area contributed by atoms with Gasteiger partial charge >= 0.3 is 0 Å². The van der Waals surface area contributed by atoms with Crippen LogP contribution in [-0.4, -0.2) is 47.8 Å². The third kappa shape index (κ3) is 3.16. The highest BCUT2D eigenvalue weighted by atomic mass is 35.5. The number of halogens is 1. The summed E-state index contributed by atoms with van der Waals surface area (Å²) in [5.41, 5.74) is 2.49. The molecule has 0 bridgehead atoms. The molecule has 4 rings (SSSR count). The number of nitrogens with one attached hydrogen (secondary N) is 2. The monoisotopic (exact) mass is 403 g/mol. The summed E-state index contributed by atoms with van der Waals surface area (Å²) < 4.78 is 1.75. The molecule has 2 aliphatic rings. The lowest BCUT2D eigenvalue weighted by Gasteiger charge is -2.38. The summed E-state index contributed by atoms with van der Waals surface area (Å²) in [4.78, 5) is 26.1. The summed E-state index contributed by atoms with van der Waals surface area (Å²) in [6, 6.07) is 4.44. The minimum absolute atomic E-state index is 0.223. The molecular weight excluding hydrogens is 378 g/mol. The van der Waals surface area contributed by atoms with E-state index in [9.17, 15) is 9.59 Å². The average molecular weight is 404 g/mol. The maximum absolute atomic E-state index is 12.3. The fourth-order valence-corrected chi connectivity index (χ4v) is 5.00. The number of anilines is 1. The highest BCUT2D eigenvalue weighted by Crippen LogP contribution is 2.39. The van der Waals surface area contributed by atoms with E-state index in [0.29, 0.717) is 35.5 Å². The van der Waals surface area contributed by atoms with E-state index in [0.717, 1.165) is 36.1 Å². The second kappa shape index (κ2) is 7.37. The Morgan fingerprint density at radius 3 is 2.79 bits per heavy atom. The van der Waals surface area contributed by atoms with Crippen molar-refractivity contribution in [2.45, 2.75) is 38.1 Å². The second-order valence-corrected chi connectivity index (χ2v) is 8.33. The average Bonchev–Trinajstić information content (AvgIpc) is 2.99. The Bertz CT molecular complexity index is 940. The van der Waals surface area contributed by atoms with Gasteiger partial charge in [-0.25, -0.2) is 0 Å². The number of piperidine rings is 2. The van der Waals surface area contributed by atoms with Gasteiger partial charge in [0.1, 0.15) is 0 Å². The summed E-state index contributed by atoms with van der Waals surface area (Å²) in [5, 5.41) is 12.0. The fraction of sp³-hybridized carbons (Fsp3) is 0.550. The highest BCUT2D eigenvalue weighted by Gasteiger charge is 2.33. The number of carbonyl (C=O) groups excluding carboxylic acids is 2. The van der Waals surface area contributed by atoms with E-state index < -0.39 is 5.92 Å². The Morgan fingerprint density at radius 1 is 1.29 bits per heavy atom. The first-order valence-corrected chi connectivity index (χ1v) is 10.2. The number of aromatic nitrogens is 2. The molecule has 1 unspecified atom stereocenters. The van der Waals surface area contributed by atoms with Gasteiger partial charge in [-0.15, -0.1) is 0 Å². The lowest BCUT2D eigenvalue weighted by atomic mass is 9.92. The van der Waals surface area contributed by atoms with E-state index in [1.807, 2.05) is 19.2 Å². The van der Waals surface area contributed by atoms with Crippen LogP contribution in [-0.2, 0) is 16.6 Å². The number of aryl methyl sites for hydroxylation is 1. The van der Waals surface area contributed by atoms with Crippen molar-refractivity contribution in [1.82, 2.24) is 20.4 Å². The Hall–Kier alpha value is -2.12. The first kappa shape index (κ1) is 19.2. The molecule has 1 aromatic heterocycles. The topological polar surface area (TPSA) is 79.3 Å². The van der Waals surface area contributed by atoms with Crippen LogP contribution in [0.25, 0.3) is 10.9 Å². The summed E-state index contributed by atoms with van der Waals surface area (Å²) >= 11 is 6.85. The van der Waals surface area contributed by atoms with Gasteiger partial charge < -0.3 is 10.2 Å². The molecule has 2 saturated heterocycles. The SMILES string of the molecule is C[C@@H]1CNCC[C@H]1N(C)c1ccc2c(C3CCC(=O)NC3=O)nn(C)c2c1Cl. The van der Waals surface area contributed by atoms with Crippen LogP contribution in [0.5, 0.6) is 0 Å². The lowest BCUT2D eigenvalue weighted by Crippen LogP contribution is -2.47. The quantitative estimate of drug-likeness (QED) is 0.768. The van der Waals surface area contributed by atoms with Crippen LogP contribution >= 0.6 is 11.6 Å². The van der Waals surface area contributed by atoms with Crippen LogP contribution in [0.4, 0.5) is 5.69 Å². The van der Waals surface area contributed by atoms with Crippen LogP contribution in [0.3, 0.4) is 0 Å². The Morgan fingerprint density at radius 2 is 2.07 bits per heavy atom. The molecule has 0 saturated carbocycles. The predicted octanol–water partition coefficient (Wildman–Crippen LogP) is 2.18. The van der Waals surface area contributed by atoms with Gasteiger partial charge in [0.15, 0.2) is 0 Å². The van der Waals surface area contributed by atoms with Gasteiger partial charge in [-0.05, 0) is 44.0 Å². The van der Waals surface area contributed by atoms with Crippen molar-refractivity contribution >= 4 is 40.0 Å². The maximum Gasteiger partial charge on any atom is 0.235 e. The van der Waals surface area contributed by atoms with Gasteiger partial charge in [-0.1, -0.05) is 18.5 Å². The zero-order valence-corrected chi connectivity index (χ0v) is 17.2. The molecule has 0 radical (unpaired) electrons. The molecule has 28 heavy (non-hydrogen) atoms. The Balaban J connectivity index is 1.73.